The Labute approximate surface area is 90.1 Å². The summed E-state index contributed by atoms with van der Waals surface area (Å²) in [5.41, 5.74) is 0.887. The van der Waals surface area contributed by atoms with Crippen LogP contribution in [0.1, 0.15) is 10.5 Å². The summed E-state index contributed by atoms with van der Waals surface area (Å²) in [7, 11) is 0. The monoisotopic (exact) mass is 214 g/mol. The smallest absolute Gasteiger partial charge is 0.168 e. The molecule has 2 aromatic heterocycles. The number of hydrogen-bond donors (Lipinski definition) is 0. The Kier molecular flexibility index (Phi) is 1.77. The number of benzene rings is 1. The van der Waals surface area contributed by atoms with Crippen LogP contribution in [0.2, 0.25) is 0 Å². The maximum Gasteiger partial charge on any atom is 0.168 e. The highest BCUT2D eigenvalue weighted by atomic mass is 19.1. The second kappa shape index (κ2) is 3.13. The van der Waals surface area contributed by atoms with Gasteiger partial charge in [-0.1, -0.05) is 12.1 Å². The van der Waals surface area contributed by atoms with Gasteiger partial charge < -0.3 is 0 Å². The van der Waals surface area contributed by atoms with Crippen molar-refractivity contribution in [1.29, 1.82) is 0 Å². The van der Waals surface area contributed by atoms with Crippen LogP contribution in [-0.2, 0) is 0 Å². The van der Waals surface area contributed by atoms with Gasteiger partial charge in [0, 0.05) is 6.20 Å². The molecule has 3 aromatic rings. The van der Waals surface area contributed by atoms with Crippen LogP contribution in [0.5, 0.6) is 0 Å². The molecule has 0 aliphatic heterocycles. The predicted molar refractivity (Wildman–Crippen MR) is 58.0 cm³/mol. The van der Waals surface area contributed by atoms with Crippen molar-refractivity contribution in [2.24, 2.45) is 0 Å². The number of pyridine rings is 1. The Morgan fingerprint density at radius 2 is 2.19 bits per heavy atom. The third-order valence-corrected chi connectivity index (χ3v) is 2.62. The van der Waals surface area contributed by atoms with Crippen molar-refractivity contribution in [2.45, 2.75) is 0 Å². The van der Waals surface area contributed by atoms with Crippen molar-refractivity contribution >= 4 is 22.7 Å². The molecule has 3 rings (SSSR count). The van der Waals surface area contributed by atoms with Gasteiger partial charge in [0.25, 0.3) is 0 Å². The minimum atomic E-state index is -0.328. The Bertz CT molecular complexity index is 703. The minimum Gasteiger partial charge on any atom is -0.297 e. The summed E-state index contributed by atoms with van der Waals surface area (Å²) in [6.07, 6.45) is 3.86. The summed E-state index contributed by atoms with van der Waals surface area (Å²) in [5.74, 6) is -0.328. The minimum absolute atomic E-state index is 0.328. The fraction of sp³-hybridized carbons (Fsp3) is 0. The molecule has 0 saturated carbocycles. The molecule has 0 radical (unpaired) electrons. The zero-order valence-electron chi connectivity index (χ0n) is 8.22. The molecular formula is C12H7FN2O. The van der Waals surface area contributed by atoms with E-state index in [1.807, 2.05) is 6.07 Å². The Balaban J connectivity index is 2.59. The average Bonchev–Trinajstić information content (AvgIpc) is 2.72. The lowest BCUT2D eigenvalue weighted by Gasteiger charge is -2.02. The van der Waals surface area contributed by atoms with Crippen molar-refractivity contribution in [3.05, 3.63) is 48.2 Å². The third kappa shape index (κ3) is 1.07. The van der Waals surface area contributed by atoms with Gasteiger partial charge in [-0.15, -0.1) is 0 Å². The van der Waals surface area contributed by atoms with Crippen molar-refractivity contribution in [3.63, 3.8) is 0 Å². The lowest BCUT2D eigenvalue weighted by atomic mass is 10.1. The maximum absolute atomic E-state index is 13.7. The molecular weight excluding hydrogens is 207 g/mol. The molecule has 0 spiro atoms. The first-order valence-electron chi connectivity index (χ1n) is 4.81. The Hall–Kier alpha value is -2.23. The molecule has 4 heteroatoms. The molecule has 0 atom stereocenters. The van der Waals surface area contributed by atoms with Crippen LogP contribution in [0.15, 0.2) is 36.7 Å². The quantitative estimate of drug-likeness (QED) is 0.583. The van der Waals surface area contributed by atoms with E-state index in [1.165, 1.54) is 12.3 Å². The zero-order valence-corrected chi connectivity index (χ0v) is 8.22. The number of fused-ring (bicyclic) bond motifs is 3. The van der Waals surface area contributed by atoms with Crippen LogP contribution in [0, 0.1) is 5.82 Å². The van der Waals surface area contributed by atoms with Crippen molar-refractivity contribution in [1.82, 2.24) is 9.38 Å². The van der Waals surface area contributed by atoms with E-state index in [-0.39, 0.29) is 5.82 Å². The molecule has 78 valence electrons. The summed E-state index contributed by atoms with van der Waals surface area (Å²) in [4.78, 5) is 14.8. The molecule has 0 amide bonds. The highest BCUT2D eigenvalue weighted by Crippen LogP contribution is 2.22. The van der Waals surface area contributed by atoms with E-state index in [0.717, 1.165) is 5.39 Å². The molecule has 0 N–H and O–H groups in total. The van der Waals surface area contributed by atoms with E-state index in [9.17, 15) is 9.18 Å². The first-order valence-corrected chi connectivity index (χ1v) is 4.81. The molecule has 16 heavy (non-hydrogen) atoms. The number of nitrogens with zero attached hydrogens (tertiary/aromatic N) is 2. The fourth-order valence-corrected chi connectivity index (χ4v) is 1.87. The summed E-state index contributed by atoms with van der Waals surface area (Å²) < 4.78 is 15.3. The number of carbonyl (C=O) groups excluding carboxylic acids is 1. The maximum atomic E-state index is 13.7. The summed E-state index contributed by atoms with van der Waals surface area (Å²) in [5, 5.41) is 1.22. The second-order valence-corrected chi connectivity index (χ2v) is 3.51. The topological polar surface area (TPSA) is 34.4 Å². The van der Waals surface area contributed by atoms with Crippen LogP contribution in [0.3, 0.4) is 0 Å². The van der Waals surface area contributed by atoms with E-state index < -0.39 is 0 Å². The lowest BCUT2D eigenvalue weighted by Crippen LogP contribution is -1.92. The van der Waals surface area contributed by atoms with E-state index in [0.29, 0.717) is 23.0 Å². The van der Waals surface area contributed by atoms with Crippen molar-refractivity contribution < 1.29 is 9.18 Å². The zero-order chi connectivity index (χ0) is 11.1. The van der Waals surface area contributed by atoms with Crippen LogP contribution >= 0.6 is 0 Å². The molecule has 0 saturated heterocycles. The lowest BCUT2D eigenvalue weighted by molar-refractivity contribution is 0.111. The largest absolute Gasteiger partial charge is 0.297 e. The van der Waals surface area contributed by atoms with Gasteiger partial charge in [-0.2, -0.15) is 0 Å². The molecule has 0 aliphatic rings. The fourth-order valence-electron chi connectivity index (χ4n) is 1.87. The Morgan fingerprint density at radius 3 is 3.00 bits per heavy atom. The molecule has 0 unspecified atom stereocenters. The Morgan fingerprint density at radius 1 is 1.31 bits per heavy atom. The van der Waals surface area contributed by atoms with E-state index >= 15 is 0 Å². The average molecular weight is 214 g/mol. The van der Waals surface area contributed by atoms with E-state index in [4.69, 9.17) is 0 Å². The van der Waals surface area contributed by atoms with E-state index in [2.05, 4.69) is 4.98 Å². The van der Waals surface area contributed by atoms with Crippen molar-refractivity contribution in [2.75, 3.05) is 0 Å². The second-order valence-electron chi connectivity index (χ2n) is 3.51. The van der Waals surface area contributed by atoms with Crippen LogP contribution in [0.25, 0.3) is 16.4 Å². The SMILES string of the molecule is O=Cc1cnc2c3c(F)cccc3ccn12. The summed E-state index contributed by atoms with van der Waals surface area (Å²) in [6, 6.07) is 6.61. The van der Waals surface area contributed by atoms with Crippen LogP contribution < -0.4 is 0 Å². The number of carbonyl (C=O) groups is 1. The van der Waals surface area contributed by atoms with Crippen LogP contribution in [-0.4, -0.2) is 15.7 Å². The highest BCUT2D eigenvalue weighted by Gasteiger charge is 2.09. The van der Waals surface area contributed by atoms with Gasteiger partial charge in [-0.05, 0) is 17.5 Å². The predicted octanol–water partition coefficient (Wildman–Crippen LogP) is 2.44. The van der Waals surface area contributed by atoms with Crippen LogP contribution in [0.4, 0.5) is 4.39 Å². The number of aromatic nitrogens is 2. The molecule has 0 aliphatic carbocycles. The van der Waals surface area contributed by atoms with E-state index in [1.54, 1.807) is 22.7 Å². The van der Waals surface area contributed by atoms with Gasteiger partial charge in [-0.25, -0.2) is 9.37 Å². The molecule has 2 heterocycles. The summed E-state index contributed by atoms with van der Waals surface area (Å²) in [6.45, 7) is 0. The third-order valence-electron chi connectivity index (χ3n) is 2.62. The van der Waals surface area contributed by atoms with Gasteiger partial charge in [0.2, 0.25) is 0 Å². The first kappa shape index (κ1) is 9.03. The van der Waals surface area contributed by atoms with Gasteiger partial charge in [0.1, 0.15) is 17.2 Å². The van der Waals surface area contributed by atoms with Gasteiger partial charge >= 0.3 is 0 Å². The van der Waals surface area contributed by atoms with Gasteiger partial charge in [0.15, 0.2) is 6.29 Å². The number of imidazole rings is 1. The summed E-state index contributed by atoms with van der Waals surface area (Å²) >= 11 is 0. The normalized spacial score (nSPS) is 11.1. The standard InChI is InChI=1S/C12H7FN2O/c13-10-3-1-2-8-4-5-15-9(7-16)6-14-12(15)11(8)10/h1-7H. The molecule has 0 fully saturated rings. The number of hydrogen-bond acceptors (Lipinski definition) is 2. The van der Waals surface area contributed by atoms with Crippen molar-refractivity contribution in [3.8, 4) is 0 Å². The number of aldehydes is 1. The number of rotatable bonds is 1. The molecule has 3 nitrogen and oxygen atoms in total. The van der Waals surface area contributed by atoms with Gasteiger partial charge in [0.05, 0.1) is 11.6 Å². The highest BCUT2D eigenvalue weighted by molar-refractivity contribution is 5.95. The molecule has 1 aromatic carbocycles. The first-order chi connectivity index (χ1) is 7.81. The van der Waals surface area contributed by atoms with Gasteiger partial charge in [-0.3, -0.25) is 9.20 Å². The molecule has 0 bridgehead atoms. The number of halogens is 1.